The van der Waals surface area contributed by atoms with Gasteiger partial charge in [-0.05, 0) is 49.9 Å². The number of phenolic OH excluding ortho intramolecular Hbond substituents is 1. The summed E-state index contributed by atoms with van der Waals surface area (Å²) in [6.07, 6.45) is 5.58. The average molecular weight is 287 g/mol. The zero-order valence-electron chi connectivity index (χ0n) is 12.1. The molecule has 2 unspecified atom stereocenters. The van der Waals surface area contributed by atoms with E-state index in [0.717, 1.165) is 38.6 Å². The number of nitrogens with zero attached hydrogens (tertiary/aromatic N) is 1. The first-order valence-electron chi connectivity index (χ1n) is 7.79. The lowest BCUT2D eigenvalue weighted by Gasteiger charge is -2.33. The van der Waals surface area contributed by atoms with Crippen molar-refractivity contribution in [2.24, 2.45) is 5.92 Å². The number of carbonyl (C=O) groups is 2. The van der Waals surface area contributed by atoms with Gasteiger partial charge in [0.2, 0.25) is 0 Å². The van der Waals surface area contributed by atoms with Gasteiger partial charge in [-0.3, -0.25) is 9.59 Å². The van der Waals surface area contributed by atoms with Crippen LogP contribution in [0.3, 0.4) is 0 Å². The molecule has 0 aromatic heterocycles. The van der Waals surface area contributed by atoms with Crippen molar-refractivity contribution >= 4 is 11.7 Å². The molecule has 1 heterocycles. The van der Waals surface area contributed by atoms with Crippen LogP contribution < -0.4 is 0 Å². The predicted octanol–water partition coefficient (Wildman–Crippen LogP) is 2.76. The second-order valence-electron chi connectivity index (χ2n) is 6.07. The van der Waals surface area contributed by atoms with Crippen molar-refractivity contribution < 1.29 is 14.7 Å². The second-order valence-corrected chi connectivity index (χ2v) is 6.07. The van der Waals surface area contributed by atoms with Crippen molar-refractivity contribution in [1.82, 2.24) is 4.90 Å². The molecule has 1 aromatic carbocycles. The number of aromatic hydroxyl groups is 1. The molecule has 4 heteroatoms. The van der Waals surface area contributed by atoms with Crippen LogP contribution in [0, 0.1) is 5.92 Å². The smallest absolute Gasteiger partial charge is 0.254 e. The minimum Gasteiger partial charge on any atom is -0.508 e. The van der Waals surface area contributed by atoms with Gasteiger partial charge in [0.05, 0.1) is 0 Å². The van der Waals surface area contributed by atoms with Gasteiger partial charge in [0.1, 0.15) is 11.5 Å². The largest absolute Gasteiger partial charge is 0.508 e. The summed E-state index contributed by atoms with van der Waals surface area (Å²) in [5.41, 5.74) is 0.586. The van der Waals surface area contributed by atoms with E-state index in [1.54, 1.807) is 12.1 Å². The van der Waals surface area contributed by atoms with Crippen LogP contribution in [0.4, 0.5) is 0 Å². The Kier molecular flexibility index (Phi) is 3.95. The van der Waals surface area contributed by atoms with Crippen LogP contribution in [0.1, 0.15) is 48.9 Å². The van der Waals surface area contributed by atoms with E-state index in [1.807, 2.05) is 4.90 Å². The highest BCUT2D eigenvalue weighted by Crippen LogP contribution is 2.33. The van der Waals surface area contributed by atoms with Crippen molar-refractivity contribution in [3.8, 4) is 5.75 Å². The van der Waals surface area contributed by atoms with Crippen LogP contribution in [-0.4, -0.2) is 34.3 Å². The topological polar surface area (TPSA) is 57.6 Å². The Labute approximate surface area is 124 Å². The highest BCUT2D eigenvalue weighted by atomic mass is 16.3. The molecule has 1 saturated heterocycles. The molecule has 2 fully saturated rings. The molecule has 112 valence electrons. The Balaban J connectivity index is 1.78. The van der Waals surface area contributed by atoms with Crippen LogP contribution in [0.5, 0.6) is 5.75 Å². The number of carbonyl (C=O) groups excluding carboxylic acids is 2. The third-order valence-corrected chi connectivity index (χ3v) is 4.74. The maximum absolute atomic E-state index is 12.7. The Morgan fingerprint density at radius 3 is 2.57 bits per heavy atom. The lowest BCUT2D eigenvalue weighted by molar-refractivity contribution is -0.126. The minimum absolute atomic E-state index is 0.0177. The molecule has 2 aliphatic rings. The monoisotopic (exact) mass is 287 g/mol. The average Bonchev–Trinajstić information content (AvgIpc) is 2.97. The molecule has 1 aliphatic heterocycles. The number of ketones is 1. The van der Waals surface area contributed by atoms with Gasteiger partial charge in [-0.2, -0.15) is 0 Å². The molecule has 3 rings (SSSR count). The highest BCUT2D eigenvalue weighted by Gasteiger charge is 2.39. The zero-order valence-corrected chi connectivity index (χ0v) is 12.1. The summed E-state index contributed by atoms with van der Waals surface area (Å²) in [5.74, 6) is 0.502. The van der Waals surface area contributed by atoms with Crippen LogP contribution in [-0.2, 0) is 4.79 Å². The Morgan fingerprint density at radius 2 is 1.86 bits per heavy atom. The van der Waals surface area contributed by atoms with E-state index in [2.05, 4.69) is 0 Å². The molecular formula is C17H21NO3. The lowest BCUT2D eigenvalue weighted by atomic mass is 9.81. The number of phenols is 1. The molecule has 1 N–H and O–H groups in total. The van der Waals surface area contributed by atoms with Gasteiger partial charge in [0.25, 0.3) is 5.91 Å². The molecule has 0 radical (unpaired) electrons. The fraction of sp³-hybridized carbons (Fsp3) is 0.529. The van der Waals surface area contributed by atoms with Crippen LogP contribution >= 0.6 is 0 Å². The first-order chi connectivity index (χ1) is 10.2. The van der Waals surface area contributed by atoms with Gasteiger partial charge in [-0.25, -0.2) is 0 Å². The number of hydrogen-bond acceptors (Lipinski definition) is 3. The first kappa shape index (κ1) is 14.1. The van der Waals surface area contributed by atoms with Crippen molar-refractivity contribution in [1.29, 1.82) is 0 Å². The standard InChI is InChI=1S/C17H21NO3/c19-13-9-7-12(8-10-13)17(21)18-11-3-5-15(18)14-4-1-2-6-16(14)20/h7-10,14-15,19H,1-6,11H2. The van der Waals surface area contributed by atoms with Crippen LogP contribution in [0.15, 0.2) is 24.3 Å². The lowest BCUT2D eigenvalue weighted by Crippen LogP contribution is -2.43. The van der Waals surface area contributed by atoms with Gasteiger partial charge < -0.3 is 10.0 Å². The molecule has 1 aliphatic carbocycles. The number of hydrogen-bond donors (Lipinski definition) is 1. The molecule has 1 saturated carbocycles. The number of benzene rings is 1. The van der Waals surface area contributed by atoms with Gasteiger partial charge in [-0.1, -0.05) is 6.42 Å². The molecule has 0 spiro atoms. The summed E-state index contributed by atoms with van der Waals surface area (Å²) in [6, 6.07) is 6.43. The van der Waals surface area contributed by atoms with Crippen LogP contribution in [0.25, 0.3) is 0 Å². The van der Waals surface area contributed by atoms with E-state index in [9.17, 15) is 14.7 Å². The SMILES string of the molecule is O=C1CCCCC1C1CCCN1C(=O)c1ccc(O)cc1. The van der Waals surface area contributed by atoms with Crippen molar-refractivity contribution in [2.75, 3.05) is 6.54 Å². The molecule has 2 atom stereocenters. The molecular weight excluding hydrogens is 266 g/mol. The Hall–Kier alpha value is -1.84. The maximum Gasteiger partial charge on any atom is 0.254 e. The Morgan fingerprint density at radius 1 is 1.10 bits per heavy atom. The van der Waals surface area contributed by atoms with Gasteiger partial charge in [0.15, 0.2) is 0 Å². The summed E-state index contributed by atoms with van der Waals surface area (Å²) in [7, 11) is 0. The number of likely N-dealkylation sites (tertiary alicyclic amines) is 1. The zero-order chi connectivity index (χ0) is 14.8. The second kappa shape index (κ2) is 5.88. The third-order valence-electron chi connectivity index (χ3n) is 4.74. The van der Waals surface area contributed by atoms with Gasteiger partial charge in [0, 0.05) is 30.5 Å². The van der Waals surface area contributed by atoms with E-state index in [-0.39, 0.29) is 23.6 Å². The fourth-order valence-electron chi connectivity index (χ4n) is 3.65. The predicted molar refractivity (Wildman–Crippen MR) is 79.1 cm³/mol. The minimum atomic E-state index is -0.0177. The van der Waals surface area contributed by atoms with Crippen molar-refractivity contribution in [3.05, 3.63) is 29.8 Å². The number of rotatable bonds is 2. The van der Waals surface area contributed by atoms with Crippen molar-refractivity contribution in [3.63, 3.8) is 0 Å². The van der Waals surface area contributed by atoms with E-state index in [4.69, 9.17) is 0 Å². The van der Waals surface area contributed by atoms with E-state index in [0.29, 0.717) is 17.8 Å². The summed E-state index contributed by atoms with van der Waals surface area (Å²) < 4.78 is 0. The summed E-state index contributed by atoms with van der Waals surface area (Å²) in [4.78, 5) is 26.7. The number of amides is 1. The third kappa shape index (κ3) is 2.80. The Bertz CT molecular complexity index is 537. The van der Waals surface area contributed by atoms with Gasteiger partial charge in [-0.15, -0.1) is 0 Å². The molecule has 21 heavy (non-hydrogen) atoms. The summed E-state index contributed by atoms with van der Waals surface area (Å²) >= 11 is 0. The molecule has 0 bridgehead atoms. The molecule has 1 amide bonds. The van der Waals surface area contributed by atoms with Crippen LogP contribution in [0.2, 0.25) is 0 Å². The normalized spacial score (nSPS) is 26.1. The summed E-state index contributed by atoms with van der Waals surface area (Å²) in [5, 5.41) is 9.32. The van der Waals surface area contributed by atoms with E-state index < -0.39 is 0 Å². The molecule has 4 nitrogen and oxygen atoms in total. The number of Topliss-reactive ketones (excluding diaryl/α,β-unsaturated/α-hetero) is 1. The summed E-state index contributed by atoms with van der Waals surface area (Å²) in [6.45, 7) is 0.730. The highest BCUT2D eigenvalue weighted by molar-refractivity contribution is 5.95. The van der Waals surface area contributed by atoms with Crippen molar-refractivity contribution in [2.45, 2.75) is 44.6 Å². The fourth-order valence-corrected chi connectivity index (χ4v) is 3.65. The first-order valence-corrected chi connectivity index (χ1v) is 7.79. The van der Waals surface area contributed by atoms with Gasteiger partial charge >= 0.3 is 0 Å². The maximum atomic E-state index is 12.7. The molecule has 1 aromatic rings. The quantitative estimate of drug-likeness (QED) is 0.910. The van der Waals surface area contributed by atoms with E-state index in [1.165, 1.54) is 12.1 Å². The van der Waals surface area contributed by atoms with E-state index >= 15 is 0 Å².